The van der Waals surface area contributed by atoms with Crippen LogP contribution in [-0.4, -0.2) is 47.4 Å². The molecule has 0 radical (unpaired) electrons. The number of piperidine rings is 1. The van der Waals surface area contributed by atoms with Crippen LogP contribution < -0.4 is 10.6 Å². The normalized spacial score (nSPS) is 17.1. The molecule has 1 aliphatic heterocycles. The first-order valence-electron chi connectivity index (χ1n) is 9.68. The van der Waals surface area contributed by atoms with Crippen LogP contribution in [0.25, 0.3) is 0 Å². The molecule has 0 spiro atoms. The first-order chi connectivity index (χ1) is 13.9. The standard InChI is InChI=1S/C20H24Cl2N4O2S/c1-13-5-2-3-9-26(13)10-4-8-23-19(28)17-12-29-20(24-17)25-18(27)14-6-7-15(21)16(22)11-14/h6-7,11-13H,2-5,8-10H2,1H3,(H,23,28)(H,24,25,27)/t13-/m0/s1. The van der Waals surface area contributed by atoms with Crippen LogP contribution >= 0.6 is 34.5 Å². The summed E-state index contributed by atoms with van der Waals surface area (Å²) < 4.78 is 0. The van der Waals surface area contributed by atoms with Crippen molar-refractivity contribution < 1.29 is 9.59 Å². The number of nitrogens with one attached hydrogen (secondary N) is 2. The van der Waals surface area contributed by atoms with E-state index in [1.165, 1.54) is 36.7 Å². The molecule has 3 rings (SSSR count). The molecule has 2 amide bonds. The van der Waals surface area contributed by atoms with Crippen molar-refractivity contribution in [3.05, 3.63) is 44.9 Å². The fraction of sp³-hybridized carbons (Fsp3) is 0.450. The number of likely N-dealkylation sites (tertiary alicyclic amines) is 1. The van der Waals surface area contributed by atoms with Gasteiger partial charge in [0.25, 0.3) is 11.8 Å². The molecule has 1 fully saturated rings. The molecule has 1 aliphatic rings. The number of thiazole rings is 1. The van der Waals surface area contributed by atoms with Crippen LogP contribution in [0.1, 0.15) is 53.5 Å². The van der Waals surface area contributed by atoms with Gasteiger partial charge in [0.05, 0.1) is 10.0 Å². The monoisotopic (exact) mass is 454 g/mol. The number of nitrogens with zero attached hydrogens (tertiary/aromatic N) is 2. The Kier molecular flexibility index (Phi) is 7.89. The molecule has 0 aliphatic carbocycles. The largest absolute Gasteiger partial charge is 0.351 e. The Morgan fingerprint density at radius 1 is 1.24 bits per heavy atom. The van der Waals surface area contributed by atoms with Gasteiger partial charge in [0, 0.05) is 30.1 Å². The summed E-state index contributed by atoms with van der Waals surface area (Å²) in [6, 6.07) is 5.25. The van der Waals surface area contributed by atoms with Gasteiger partial charge < -0.3 is 10.2 Å². The third kappa shape index (κ3) is 6.15. The molecule has 6 nitrogen and oxygen atoms in total. The lowest BCUT2D eigenvalue weighted by molar-refractivity contribution is 0.0943. The van der Waals surface area contributed by atoms with Gasteiger partial charge in [-0.1, -0.05) is 29.6 Å². The van der Waals surface area contributed by atoms with Crippen molar-refractivity contribution in [1.82, 2.24) is 15.2 Å². The minimum absolute atomic E-state index is 0.233. The second kappa shape index (κ2) is 10.4. The minimum Gasteiger partial charge on any atom is -0.351 e. The average Bonchev–Trinajstić information content (AvgIpc) is 3.17. The molecule has 2 heterocycles. The van der Waals surface area contributed by atoms with Crippen molar-refractivity contribution in [2.75, 3.05) is 25.0 Å². The van der Waals surface area contributed by atoms with E-state index in [1.54, 1.807) is 17.5 Å². The molecule has 0 bridgehead atoms. The molecule has 2 N–H and O–H groups in total. The van der Waals surface area contributed by atoms with E-state index in [9.17, 15) is 9.59 Å². The molecule has 29 heavy (non-hydrogen) atoms. The van der Waals surface area contributed by atoms with Crippen LogP contribution in [0.15, 0.2) is 23.6 Å². The Balaban J connectivity index is 1.45. The average molecular weight is 455 g/mol. The number of carbonyl (C=O) groups excluding carboxylic acids is 2. The van der Waals surface area contributed by atoms with Crippen LogP contribution in [0.4, 0.5) is 5.13 Å². The first kappa shape index (κ1) is 22.0. The Labute approximate surface area is 184 Å². The highest BCUT2D eigenvalue weighted by Gasteiger charge is 2.18. The molecule has 0 unspecified atom stereocenters. The van der Waals surface area contributed by atoms with Crippen molar-refractivity contribution in [3.63, 3.8) is 0 Å². The van der Waals surface area contributed by atoms with Gasteiger partial charge in [-0.25, -0.2) is 4.98 Å². The van der Waals surface area contributed by atoms with E-state index < -0.39 is 0 Å². The molecular weight excluding hydrogens is 431 g/mol. The van der Waals surface area contributed by atoms with Gasteiger partial charge in [0.1, 0.15) is 5.69 Å². The summed E-state index contributed by atoms with van der Waals surface area (Å²) in [5.41, 5.74) is 0.665. The van der Waals surface area contributed by atoms with Crippen molar-refractivity contribution in [2.24, 2.45) is 0 Å². The van der Waals surface area contributed by atoms with Crippen LogP contribution in [0.2, 0.25) is 10.0 Å². The molecule has 1 atom stereocenters. The Morgan fingerprint density at radius 2 is 2.07 bits per heavy atom. The summed E-state index contributed by atoms with van der Waals surface area (Å²) in [7, 11) is 0. The number of carbonyl (C=O) groups is 2. The van der Waals surface area contributed by atoms with Gasteiger partial charge in [0.15, 0.2) is 5.13 Å². The van der Waals surface area contributed by atoms with E-state index in [-0.39, 0.29) is 11.8 Å². The summed E-state index contributed by atoms with van der Waals surface area (Å²) in [5.74, 6) is -0.594. The Hall–Kier alpha value is -1.67. The molecule has 9 heteroatoms. The SMILES string of the molecule is C[C@H]1CCCCN1CCCNC(=O)c1csc(NC(=O)c2ccc(Cl)c(Cl)c2)n1. The Morgan fingerprint density at radius 3 is 2.83 bits per heavy atom. The summed E-state index contributed by atoms with van der Waals surface area (Å²) in [6.45, 7) is 5.00. The van der Waals surface area contributed by atoms with Crippen LogP contribution in [-0.2, 0) is 0 Å². The number of halogens is 2. The van der Waals surface area contributed by atoms with Crippen LogP contribution in [0.3, 0.4) is 0 Å². The number of hydrogen-bond acceptors (Lipinski definition) is 5. The number of aromatic nitrogens is 1. The zero-order chi connectivity index (χ0) is 20.8. The van der Waals surface area contributed by atoms with Crippen LogP contribution in [0.5, 0.6) is 0 Å². The summed E-state index contributed by atoms with van der Waals surface area (Å²) in [6.07, 6.45) is 4.72. The summed E-state index contributed by atoms with van der Waals surface area (Å²) in [4.78, 5) is 31.3. The minimum atomic E-state index is -0.361. The van der Waals surface area contributed by atoms with Crippen molar-refractivity contribution >= 4 is 51.5 Å². The van der Waals surface area contributed by atoms with Crippen molar-refractivity contribution in [2.45, 2.75) is 38.6 Å². The quantitative estimate of drug-likeness (QED) is 0.594. The maximum atomic E-state index is 12.3. The zero-order valence-electron chi connectivity index (χ0n) is 16.2. The molecule has 2 aromatic rings. The fourth-order valence-corrected chi connectivity index (χ4v) is 4.29. The molecule has 156 valence electrons. The molecule has 1 saturated heterocycles. The second-order valence-corrected chi connectivity index (χ2v) is 8.78. The van der Waals surface area contributed by atoms with Gasteiger partial charge in [-0.05, 0) is 50.9 Å². The third-order valence-electron chi connectivity index (χ3n) is 4.99. The lowest BCUT2D eigenvalue weighted by Crippen LogP contribution is -2.39. The zero-order valence-corrected chi connectivity index (χ0v) is 18.5. The van der Waals surface area contributed by atoms with Gasteiger partial charge in [-0.2, -0.15) is 0 Å². The topological polar surface area (TPSA) is 74.3 Å². The van der Waals surface area contributed by atoms with Gasteiger partial charge in [-0.3, -0.25) is 14.9 Å². The number of amides is 2. The van der Waals surface area contributed by atoms with Crippen LogP contribution in [0, 0.1) is 0 Å². The van der Waals surface area contributed by atoms with E-state index in [0.29, 0.717) is 39.0 Å². The lowest BCUT2D eigenvalue weighted by Gasteiger charge is -2.33. The Bertz CT molecular complexity index is 874. The van der Waals surface area contributed by atoms with Gasteiger partial charge >= 0.3 is 0 Å². The summed E-state index contributed by atoms with van der Waals surface area (Å²) in [5, 5.41) is 8.24. The van der Waals surface area contributed by atoms with Crippen molar-refractivity contribution in [1.29, 1.82) is 0 Å². The number of rotatable bonds is 7. The highest BCUT2D eigenvalue weighted by atomic mass is 35.5. The van der Waals surface area contributed by atoms with E-state index >= 15 is 0 Å². The van der Waals surface area contributed by atoms with E-state index in [2.05, 4.69) is 27.4 Å². The summed E-state index contributed by atoms with van der Waals surface area (Å²) >= 11 is 13.0. The maximum Gasteiger partial charge on any atom is 0.270 e. The van der Waals surface area contributed by atoms with E-state index in [4.69, 9.17) is 23.2 Å². The lowest BCUT2D eigenvalue weighted by atomic mass is 10.0. The molecule has 1 aromatic heterocycles. The molecule has 1 aromatic carbocycles. The van der Waals surface area contributed by atoms with Gasteiger partial charge in [-0.15, -0.1) is 11.3 Å². The van der Waals surface area contributed by atoms with Crippen molar-refractivity contribution in [3.8, 4) is 0 Å². The predicted octanol–water partition coefficient (Wildman–Crippen LogP) is 4.70. The highest BCUT2D eigenvalue weighted by Crippen LogP contribution is 2.24. The maximum absolute atomic E-state index is 12.3. The van der Waals surface area contributed by atoms with Gasteiger partial charge in [0.2, 0.25) is 0 Å². The molecular formula is C20H24Cl2N4O2S. The molecule has 0 saturated carbocycles. The number of hydrogen-bond donors (Lipinski definition) is 2. The fourth-order valence-electron chi connectivity index (χ4n) is 3.31. The first-order valence-corrected chi connectivity index (χ1v) is 11.3. The van der Waals surface area contributed by atoms with E-state index in [0.717, 1.165) is 19.5 Å². The smallest absolute Gasteiger partial charge is 0.270 e. The third-order valence-corrected chi connectivity index (χ3v) is 6.48. The number of anilines is 1. The predicted molar refractivity (Wildman–Crippen MR) is 118 cm³/mol. The number of benzene rings is 1. The second-order valence-electron chi connectivity index (χ2n) is 7.11. The van der Waals surface area contributed by atoms with E-state index in [1.807, 2.05) is 0 Å². The highest BCUT2D eigenvalue weighted by molar-refractivity contribution is 7.14.